The third-order valence-electron chi connectivity index (χ3n) is 3.05. The number of alkyl halides is 3. The SMILES string of the molecule is COc1ccc(C(=O)NC(C(=O)NCC(F)(F)F)C(C)C)cc1. The van der Waals surface area contributed by atoms with Gasteiger partial charge in [0.2, 0.25) is 5.91 Å². The minimum absolute atomic E-state index is 0.278. The molecule has 1 rings (SSSR count). The third kappa shape index (κ3) is 6.17. The Kier molecular flexibility index (Phi) is 6.41. The summed E-state index contributed by atoms with van der Waals surface area (Å²) in [7, 11) is 1.48. The molecular formula is C15H19F3N2O3. The second-order valence-electron chi connectivity index (χ2n) is 5.26. The summed E-state index contributed by atoms with van der Waals surface area (Å²) < 4.78 is 41.5. The number of rotatable bonds is 6. The summed E-state index contributed by atoms with van der Waals surface area (Å²) in [6.07, 6.45) is -4.50. The molecule has 1 aromatic rings. The number of nitrogens with one attached hydrogen (secondary N) is 2. The van der Waals surface area contributed by atoms with Gasteiger partial charge in [0.05, 0.1) is 7.11 Å². The lowest BCUT2D eigenvalue weighted by Crippen LogP contribution is -2.51. The van der Waals surface area contributed by atoms with Crippen molar-refractivity contribution in [1.82, 2.24) is 10.6 Å². The first kappa shape index (κ1) is 18.8. The number of amides is 2. The molecule has 0 saturated heterocycles. The Hall–Kier alpha value is -2.25. The molecule has 0 aromatic heterocycles. The van der Waals surface area contributed by atoms with Crippen LogP contribution in [0.5, 0.6) is 5.75 Å². The van der Waals surface area contributed by atoms with Crippen molar-refractivity contribution in [2.45, 2.75) is 26.1 Å². The molecule has 1 aromatic carbocycles. The van der Waals surface area contributed by atoms with E-state index in [1.54, 1.807) is 31.3 Å². The van der Waals surface area contributed by atoms with E-state index < -0.39 is 30.6 Å². The van der Waals surface area contributed by atoms with Crippen LogP contribution in [0.3, 0.4) is 0 Å². The normalized spacial score (nSPS) is 12.7. The van der Waals surface area contributed by atoms with Crippen molar-refractivity contribution in [2.75, 3.05) is 13.7 Å². The van der Waals surface area contributed by atoms with Gasteiger partial charge in [0.15, 0.2) is 0 Å². The van der Waals surface area contributed by atoms with Gasteiger partial charge >= 0.3 is 6.18 Å². The summed E-state index contributed by atoms with van der Waals surface area (Å²) >= 11 is 0. The lowest BCUT2D eigenvalue weighted by atomic mass is 10.0. The van der Waals surface area contributed by atoms with Crippen LogP contribution in [-0.4, -0.2) is 37.7 Å². The number of hydrogen-bond donors (Lipinski definition) is 2. The topological polar surface area (TPSA) is 67.4 Å². The highest BCUT2D eigenvalue weighted by atomic mass is 19.4. The van der Waals surface area contributed by atoms with Crippen LogP contribution in [-0.2, 0) is 4.79 Å². The molecule has 0 saturated carbocycles. The zero-order chi connectivity index (χ0) is 17.6. The van der Waals surface area contributed by atoms with E-state index in [1.807, 2.05) is 0 Å². The highest BCUT2D eigenvalue weighted by molar-refractivity contribution is 5.97. The number of hydrogen-bond acceptors (Lipinski definition) is 3. The summed E-state index contributed by atoms with van der Waals surface area (Å²) in [5.74, 6) is -1.23. The van der Waals surface area contributed by atoms with Crippen molar-refractivity contribution >= 4 is 11.8 Å². The minimum Gasteiger partial charge on any atom is -0.497 e. The van der Waals surface area contributed by atoms with Crippen molar-refractivity contribution in [3.63, 3.8) is 0 Å². The molecular weight excluding hydrogens is 313 g/mol. The molecule has 0 radical (unpaired) electrons. The number of carbonyl (C=O) groups excluding carboxylic acids is 2. The fraction of sp³-hybridized carbons (Fsp3) is 0.467. The lowest BCUT2D eigenvalue weighted by Gasteiger charge is -2.22. The number of methoxy groups -OCH3 is 1. The Morgan fingerprint density at radius 3 is 2.17 bits per heavy atom. The van der Waals surface area contributed by atoms with E-state index >= 15 is 0 Å². The van der Waals surface area contributed by atoms with E-state index in [9.17, 15) is 22.8 Å². The van der Waals surface area contributed by atoms with Gasteiger partial charge in [-0.1, -0.05) is 13.8 Å². The number of benzene rings is 1. The van der Waals surface area contributed by atoms with Gasteiger partial charge in [-0.3, -0.25) is 9.59 Å². The Labute approximate surface area is 132 Å². The molecule has 8 heteroatoms. The molecule has 0 heterocycles. The minimum atomic E-state index is -4.50. The van der Waals surface area contributed by atoms with Crippen molar-refractivity contribution in [1.29, 1.82) is 0 Å². The number of halogens is 3. The first-order valence-electron chi connectivity index (χ1n) is 6.93. The van der Waals surface area contributed by atoms with Gasteiger partial charge in [0.25, 0.3) is 5.91 Å². The van der Waals surface area contributed by atoms with E-state index in [1.165, 1.54) is 19.2 Å². The molecule has 0 aliphatic rings. The molecule has 0 spiro atoms. The first-order valence-corrected chi connectivity index (χ1v) is 6.93. The first-order chi connectivity index (χ1) is 10.6. The maximum atomic E-state index is 12.2. The van der Waals surface area contributed by atoms with E-state index in [4.69, 9.17) is 4.74 Å². The standard InChI is InChI=1S/C15H19F3N2O3/c1-9(2)12(14(22)19-8-15(16,17)18)20-13(21)10-4-6-11(23-3)7-5-10/h4-7,9,12H,8H2,1-3H3,(H,19,22)(H,20,21). The molecule has 2 N–H and O–H groups in total. The maximum Gasteiger partial charge on any atom is 0.405 e. The molecule has 0 aliphatic carbocycles. The molecule has 5 nitrogen and oxygen atoms in total. The second-order valence-corrected chi connectivity index (χ2v) is 5.26. The predicted molar refractivity (Wildman–Crippen MR) is 78.2 cm³/mol. The zero-order valence-electron chi connectivity index (χ0n) is 13.0. The summed E-state index contributed by atoms with van der Waals surface area (Å²) in [5, 5.41) is 4.23. The van der Waals surface area contributed by atoms with Crippen LogP contribution in [0, 0.1) is 5.92 Å². The maximum absolute atomic E-state index is 12.2. The smallest absolute Gasteiger partial charge is 0.405 e. The molecule has 0 fully saturated rings. The third-order valence-corrected chi connectivity index (χ3v) is 3.05. The van der Waals surface area contributed by atoms with E-state index in [0.29, 0.717) is 5.75 Å². The summed E-state index contributed by atoms with van der Waals surface area (Å²) in [6.45, 7) is 1.83. The van der Waals surface area contributed by atoms with Gasteiger partial charge in [-0.15, -0.1) is 0 Å². The summed E-state index contributed by atoms with van der Waals surface area (Å²) in [4.78, 5) is 24.0. The number of carbonyl (C=O) groups is 2. The zero-order valence-corrected chi connectivity index (χ0v) is 13.0. The van der Waals surface area contributed by atoms with Crippen LogP contribution in [0.15, 0.2) is 24.3 Å². The van der Waals surface area contributed by atoms with Gasteiger partial charge in [0.1, 0.15) is 18.3 Å². The van der Waals surface area contributed by atoms with Gasteiger partial charge < -0.3 is 15.4 Å². The quantitative estimate of drug-likeness (QED) is 0.839. The van der Waals surface area contributed by atoms with Crippen LogP contribution in [0.1, 0.15) is 24.2 Å². The average Bonchev–Trinajstić information content (AvgIpc) is 2.49. The molecule has 128 valence electrons. The van der Waals surface area contributed by atoms with Gasteiger partial charge in [-0.2, -0.15) is 13.2 Å². The van der Waals surface area contributed by atoms with Crippen LogP contribution in [0.25, 0.3) is 0 Å². The molecule has 1 atom stereocenters. The molecule has 23 heavy (non-hydrogen) atoms. The summed E-state index contributed by atoms with van der Waals surface area (Å²) in [5.41, 5.74) is 0.278. The fourth-order valence-electron chi connectivity index (χ4n) is 1.80. The van der Waals surface area contributed by atoms with Crippen molar-refractivity contribution in [3.05, 3.63) is 29.8 Å². The molecule has 2 amide bonds. The van der Waals surface area contributed by atoms with Crippen molar-refractivity contribution in [2.24, 2.45) is 5.92 Å². The highest BCUT2D eigenvalue weighted by Gasteiger charge is 2.31. The lowest BCUT2D eigenvalue weighted by molar-refractivity contribution is -0.140. The highest BCUT2D eigenvalue weighted by Crippen LogP contribution is 2.14. The molecule has 0 bridgehead atoms. The number of ether oxygens (including phenoxy) is 1. The van der Waals surface area contributed by atoms with E-state index in [0.717, 1.165) is 0 Å². The van der Waals surface area contributed by atoms with Crippen LogP contribution < -0.4 is 15.4 Å². The van der Waals surface area contributed by atoms with Crippen LogP contribution in [0.2, 0.25) is 0 Å². The Balaban J connectivity index is 2.74. The Bertz CT molecular complexity index is 542. The van der Waals surface area contributed by atoms with Gasteiger partial charge in [0, 0.05) is 5.56 Å². The Morgan fingerprint density at radius 2 is 1.74 bits per heavy atom. The van der Waals surface area contributed by atoms with E-state index in [-0.39, 0.29) is 11.5 Å². The largest absolute Gasteiger partial charge is 0.497 e. The van der Waals surface area contributed by atoms with Crippen molar-refractivity contribution in [3.8, 4) is 5.75 Å². The monoisotopic (exact) mass is 332 g/mol. The van der Waals surface area contributed by atoms with Crippen molar-refractivity contribution < 1.29 is 27.5 Å². The van der Waals surface area contributed by atoms with Gasteiger partial charge in [-0.05, 0) is 30.2 Å². The molecule has 1 unspecified atom stereocenters. The van der Waals surface area contributed by atoms with Crippen LogP contribution in [0.4, 0.5) is 13.2 Å². The Morgan fingerprint density at radius 1 is 1.17 bits per heavy atom. The molecule has 0 aliphatic heterocycles. The summed E-state index contributed by atoms with van der Waals surface area (Å²) in [6, 6.07) is 5.08. The van der Waals surface area contributed by atoms with E-state index in [2.05, 4.69) is 5.32 Å². The second kappa shape index (κ2) is 7.85. The predicted octanol–water partition coefficient (Wildman–Crippen LogP) is 2.13. The van der Waals surface area contributed by atoms with Gasteiger partial charge in [-0.25, -0.2) is 0 Å². The average molecular weight is 332 g/mol. The fourth-order valence-corrected chi connectivity index (χ4v) is 1.80. The van der Waals surface area contributed by atoms with Crippen LogP contribution >= 0.6 is 0 Å².